The normalized spacial score (nSPS) is 15.0. The number of allylic oxidation sites excluding steroid dienone is 1. The van der Waals surface area contributed by atoms with E-state index in [4.69, 9.17) is 0 Å². The zero-order chi connectivity index (χ0) is 18.1. The second kappa shape index (κ2) is 6.42. The molecule has 1 aromatic carbocycles. The summed E-state index contributed by atoms with van der Waals surface area (Å²) in [5.41, 5.74) is -0.211. The molecule has 1 aromatic heterocycles. The van der Waals surface area contributed by atoms with Crippen LogP contribution < -0.4 is 0 Å². The van der Waals surface area contributed by atoms with Crippen molar-refractivity contribution in [2.75, 3.05) is 6.54 Å². The molecule has 0 saturated carbocycles. The van der Waals surface area contributed by atoms with Gasteiger partial charge in [-0.1, -0.05) is 6.07 Å². The lowest BCUT2D eigenvalue weighted by Crippen LogP contribution is -2.34. The van der Waals surface area contributed by atoms with Crippen molar-refractivity contribution >= 4 is 23.0 Å². The number of halogens is 2. The quantitative estimate of drug-likeness (QED) is 0.628. The van der Waals surface area contributed by atoms with E-state index in [1.54, 1.807) is 6.92 Å². The fourth-order valence-electron chi connectivity index (χ4n) is 2.88. The van der Waals surface area contributed by atoms with Crippen LogP contribution in [-0.4, -0.2) is 32.1 Å². The van der Waals surface area contributed by atoms with Crippen LogP contribution in [0.25, 0.3) is 11.4 Å². The van der Waals surface area contributed by atoms with E-state index in [0.29, 0.717) is 5.70 Å². The van der Waals surface area contributed by atoms with Crippen molar-refractivity contribution in [3.63, 3.8) is 0 Å². The molecule has 0 aliphatic carbocycles. The maximum atomic E-state index is 14.3. The van der Waals surface area contributed by atoms with E-state index >= 15 is 0 Å². The first-order valence-corrected chi connectivity index (χ1v) is 7.61. The number of carbonyl (C=O) groups excluding carboxylic acids is 1. The molecular weight excluding hydrogens is 334 g/mol. The van der Waals surface area contributed by atoms with Gasteiger partial charge in [0.25, 0.3) is 0 Å². The van der Waals surface area contributed by atoms with Gasteiger partial charge in [-0.05, 0) is 19.1 Å². The third-order valence-corrected chi connectivity index (χ3v) is 3.99. The second-order valence-corrected chi connectivity index (χ2v) is 5.43. The molecule has 2 aromatic rings. The van der Waals surface area contributed by atoms with Gasteiger partial charge in [0, 0.05) is 19.4 Å². The Morgan fingerprint density at radius 3 is 2.52 bits per heavy atom. The first kappa shape index (κ1) is 16.7. The lowest BCUT2D eigenvalue weighted by molar-refractivity contribution is -0.384. The molecule has 25 heavy (non-hydrogen) atoms. The number of benzene rings is 1. The lowest BCUT2D eigenvalue weighted by atomic mass is 10.00. The summed E-state index contributed by atoms with van der Waals surface area (Å²) < 4.78 is 29.9. The topological polar surface area (TPSA) is 81.3 Å². The van der Waals surface area contributed by atoms with E-state index in [-0.39, 0.29) is 42.2 Å². The SMILES string of the molecule is CCN1C(=O)CCC(n2cc([N+](=O)[O-])cn2)=C1c1c(F)cccc1F. The average Bonchev–Trinajstić information content (AvgIpc) is 3.05. The number of hydrogen-bond donors (Lipinski definition) is 0. The number of nitrogens with zero attached hydrogens (tertiary/aromatic N) is 4. The number of nitro groups is 1. The highest BCUT2D eigenvalue weighted by molar-refractivity contribution is 5.97. The number of hydrogen-bond acceptors (Lipinski definition) is 4. The molecule has 9 heteroatoms. The molecule has 1 aliphatic heterocycles. The van der Waals surface area contributed by atoms with Gasteiger partial charge in [-0.25, -0.2) is 13.5 Å². The monoisotopic (exact) mass is 348 g/mol. The largest absolute Gasteiger partial charge is 0.310 e. The summed E-state index contributed by atoms with van der Waals surface area (Å²) in [5.74, 6) is -1.91. The molecule has 0 spiro atoms. The number of amides is 1. The summed E-state index contributed by atoms with van der Waals surface area (Å²) in [5, 5.41) is 14.8. The van der Waals surface area contributed by atoms with Crippen LogP contribution in [0.4, 0.5) is 14.5 Å². The van der Waals surface area contributed by atoms with Crippen LogP contribution in [0.5, 0.6) is 0 Å². The zero-order valence-electron chi connectivity index (χ0n) is 13.3. The van der Waals surface area contributed by atoms with E-state index in [1.165, 1.54) is 15.6 Å². The van der Waals surface area contributed by atoms with Gasteiger partial charge >= 0.3 is 5.69 Å². The third kappa shape index (κ3) is 2.88. The van der Waals surface area contributed by atoms with Gasteiger partial charge in [0.05, 0.1) is 21.9 Å². The van der Waals surface area contributed by atoms with Crippen LogP contribution in [0.3, 0.4) is 0 Å². The minimum absolute atomic E-state index is 0.0485. The fourth-order valence-corrected chi connectivity index (χ4v) is 2.88. The van der Waals surface area contributed by atoms with Gasteiger partial charge in [-0.2, -0.15) is 5.10 Å². The van der Waals surface area contributed by atoms with Crippen LogP contribution >= 0.6 is 0 Å². The first-order valence-electron chi connectivity index (χ1n) is 7.61. The van der Waals surface area contributed by atoms with E-state index in [0.717, 1.165) is 24.5 Å². The van der Waals surface area contributed by atoms with Crippen LogP contribution in [0.15, 0.2) is 30.6 Å². The first-order chi connectivity index (χ1) is 11.9. The van der Waals surface area contributed by atoms with Crippen molar-refractivity contribution in [1.82, 2.24) is 14.7 Å². The van der Waals surface area contributed by atoms with Crippen LogP contribution in [0, 0.1) is 21.7 Å². The number of rotatable bonds is 4. The predicted molar refractivity (Wildman–Crippen MR) is 85.0 cm³/mol. The molecule has 0 saturated heterocycles. The van der Waals surface area contributed by atoms with Crippen LogP contribution in [0.2, 0.25) is 0 Å². The van der Waals surface area contributed by atoms with E-state index in [1.807, 2.05) is 0 Å². The highest BCUT2D eigenvalue weighted by Gasteiger charge is 2.32. The van der Waals surface area contributed by atoms with Gasteiger partial charge in [0.15, 0.2) is 0 Å². The van der Waals surface area contributed by atoms with Crippen molar-refractivity contribution in [2.45, 2.75) is 19.8 Å². The highest BCUT2D eigenvalue weighted by atomic mass is 19.1. The van der Waals surface area contributed by atoms with Crippen molar-refractivity contribution < 1.29 is 18.5 Å². The Labute approximate surface area is 141 Å². The minimum Gasteiger partial charge on any atom is -0.310 e. The number of aromatic nitrogens is 2. The van der Waals surface area contributed by atoms with Crippen LogP contribution in [0.1, 0.15) is 25.3 Å². The van der Waals surface area contributed by atoms with Crippen molar-refractivity contribution in [2.24, 2.45) is 0 Å². The summed E-state index contributed by atoms with van der Waals surface area (Å²) in [6.07, 6.45) is 2.50. The second-order valence-electron chi connectivity index (χ2n) is 5.43. The molecule has 0 fully saturated rings. The van der Waals surface area contributed by atoms with Crippen LogP contribution in [-0.2, 0) is 4.79 Å². The molecule has 1 amide bonds. The molecule has 0 unspecified atom stereocenters. The molecule has 0 bridgehead atoms. The van der Waals surface area contributed by atoms with E-state index in [9.17, 15) is 23.7 Å². The highest BCUT2D eigenvalue weighted by Crippen LogP contribution is 2.36. The molecule has 0 atom stereocenters. The average molecular weight is 348 g/mol. The molecule has 1 aliphatic rings. The summed E-state index contributed by atoms with van der Waals surface area (Å²) in [6, 6.07) is 3.43. The maximum absolute atomic E-state index is 14.3. The lowest BCUT2D eigenvalue weighted by Gasteiger charge is -2.31. The summed E-state index contributed by atoms with van der Waals surface area (Å²) >= 11 is 0. The Morgan fingerprint density at radius 1 is 1.28 bits per heavy atom. The molecule has 7 nitrogen and oxygen atoms in total. The number of carbonyl (C=O) groups is 1. The molecule has 0 radical (unpaired) electrons. The Morgan fingerprint density at radius 2 is 1.96 bits per heavy atom. The minimum atomic E-state index is -0.817. The Kier molecular flexibility index (Phi) is 4.30. The van der Waals surface area contributed by atoms with Crippen molar-refractivity contribution in [1.29, 1.82) is 0 Å². The standard InChI is InChI=1S/C16H14F2N4O3/c1-2-20-14(23)7-6-13(21-9-10(8-19-21)22(24)25)16(20)15-11(17)4-3-5-12(15)18/h3-5,8-9H,2,6-7H2,1H3. The maximum Gasteiger partial charge on any atom is 0.307 e. The Bertz CT molecular complexity index is 871. The van der Waals surface area contributed by atoms with E-state index in [2.05, 4.69) is 5.10 Å². The van der Waals surface area contributed by atoms with Crippen molar-refractivity contribution in [3.8, 4) is 0 Å². The zero-order valence-corrected chi connectivity index (χ0v) is 13.3. The van der Waals surface area contributed by atoms with Gasteiger partial charge in [-0.3, -0.25) is 14.9 Å². The van der Waals surface area contributed by atoms with Crippen molar-refractivity contribution in [3.05, 3.63) is 57.9 Å². The van der Waals surface area contributed by atoms with E-state index < -0.39 is 16.6 Å². The Hall–Kier alpha value is -3.10. The molecule has 130 valence electrons. The van der Waals surface area contributed by atoms with Gasteiger partial charge in [0.1, 0.15) is 24.0 Å². The fraction of sp³-hybridized carbons (Fsp3) is 0.250. The van der Waals surface area contributed by atoms with Gasteiger partial charge in [-0.15, -0.1) is 0 Å². The van der Waals surface area contributed by atoms with Gasteiger partial charge in [0.2, 0.25) is 5.91 Å². The summed E-state index contributed by atoms with van der Waals surface area (Å²) in [4.78, 5) is 23.8. The predicted octanol–water partition coefficient (Wildman–Crippen LogP) is 3.04. The molecule has 3 rings (SSSR count). The third-order valence-electron chi connectivity index (χ3n) is 3.99. The summed E-state index contributed by atoms with van der Waals surface area (Å²) in [6.45, 7) is 1.89. The smallest absolute Gasteiger partial charge is 0.307 e. The van der Waals surface area contributed by atoms with Gasteiger partial charge < -0.3 is 4.90 Å². The molecular formula is C16H14F2N4O3. The summed E-state index contributed by atoms with van der Waals surface area (Å²) in [7, 11) is 0. The molecule has 2 heterocycles. The Balaban J connectivity index is 2.27. The molecule has 0 N–H and O–H groups in total.